The van der Waals surface area contributed by atoms with E-state index in [0.29, 0.717) is 11.2 Å². The molecule has 0 bridgehead atoms. The Morgan fingerprint density at radius 2 is 2.26 bits per heavy atom. The van der Waals surface area contributed by atoms with Crippen LogP contribution >= 0.6 is 0 Å². The molecule has 0 saturated carbocycles. The van der Waals surface area contributed by atoms with Crippen molar-refractivity contribution >= 4 is 23.0 Å². The first kappa shape index (κ1) is 15.6. The van der Waals surface area contributed by atoms with E-state index in [9.17, 15) is 15.0 Å². The fourth-order valence-corrected chi connectivity index (χ4v) is 2.51. The molecule has 10 heteroatoms. The van der Waals surface area contributed by atoms with Crippen LogP contribution < -0.4 is 5.73 Å². The van der Waals surface area contributed by atoms with Crippen LogP contribution in [0, 0.1) is 0 Å². The van der Waals surface area contributed by atoms with Gasteiger partial charge >= 0.3 is 5.97 Å². The molecule has 1 saturated heterocycles. The molecule has 2 aromatic heterocycles. The Balaban J connectivity index is 2.00. The van der Waals surface area contributed by atoms with Crippen LogP contribution in [0.1, 0.15) is 19.6 Å². The summed E-state index contributed by atoms with van der Waals surface area (Å²) in [6, 6.07) is 0. The van der Waals surface area contributed by atoms with Gasteiger partial charge in [-0.25, -0.2) is 15.0 Å². The topological polar surface area (TPSA) is 146 Å². The average molecular weight is 323 g/mol. The number of carbonyl (C=O) groups excluding carboxylic acids is 1. The minimum atomic E-state index is -1.17. The number of hydrogen-bond acceptors (Lipinski definition) is 9. The van der Waals surface area contributed by atoms with Crippen molar-refractivity contribution in [3.8, 4) is 0 Å². The first-order valence-corrected chi connectivity index (χ1v) is 7.13. The maximum atomic E-state index is 11.6. The number of carbonyl (C=O) groups is 1. The van der Waals surface area contributed by atoms with Crippen molar-refractivity contribution in [3.63, 3.8) is 0 Å². The van der Waals surface area contributed by atoms with Crippen LogP contribution in [0.3, 0.4) is 0 Å². The van der Waals surface area contributed by atoms with Crippen molar-refractivity contribution in [3.05, 3.63) is 12.7 Å². The summed E-state index contributed by atoms with van der Waals surface area (Å²) in [5.74, 6) is -0.284. The van der Waals surface area contributed by atoms with Crippen molar-refractivity contribution < 1.29 is 24.5 Å². The predicted octanol–water partition coefficient (Wildman–Crippen LogP) is -1.02. The van der Waals surface area contributed by atoms with Crippen molar-refractivity contribution in [1.29, 1.82) is 0 Å². The molecule has 0 amide bonds. The van der Waals surface area contributed by atoms with Gasteiger partial charge in [-0.2, -0.15) is 0 Å². The van der Waals surface area contributed by atoms with Crippen LogP contribution in [0.2, 0.25) is 0 Å². The monoisotopic (exact) mass is 323 g/mol. The smallest absolute Gasteiger partial charge is 0.306 e. The number of nitrogen functional groups attached to an aromatic ring is 1. The highest BCUT2D eigenvalue weighted by atomic mass is 16.6. The van der Waals surface area contributed by atoms with Crippen molar-refractivity contribution in [2.75, 3.05) is 12.3 Å². The summed E-state index contributed by atoms with van der Waals surface area (Å²) in [7, 11) is 0. The van der Waals surface area contributed by atoms with Gasteiger partial charge in [-0.15, -0.1) is 0 Å². The van der Waals surface area contributed by atoms with Gasteiger partial charge < -0.3 is 25.4 Å². The fourth-order valence-electron chi connectivity index (χ4n) is 2.51. The number of ether oxygens (including phenoxy) is 2. The molecule has 1 aliphatic rings. The molecule has 0 aromatic carbocycles. The number of aromatic nitrogens is 4. The SMILES string of the molecule is CCC(=O)O[C@H]1C(n2cnc3c(N)ncnc32)O[C@H](CO)[C@@H]1O. The predicted molar refractivity (Wildman–Crippen MR) is 76.9 cm³/mol. The zero-order valence-electron chi connectivity index (χ0n) is 12.4. The normalized spacial score (nSPS) is 27.4. The second-order valence-corrected chi connectivity index (χ2v) is 5.13. The Hall–Kier alpha value is -2.30. The number of hydrogen-bond donors (Lipinski definition) is 3. The molecule has 0 aliphatic carbocycles. The zero-order valence-corrected chi connectivity index (χ0v) is 12.4. The van der Waals surface area contributed by atoms with Gasteiger partial charge in [-0.3, -0.25) is 9.36 Å². The zero-order chi connectivity index (χ0) is 16.6. The fraction of sp³-hybridized carbons (Fsp3) is 0.538. The van der Waals surface area contributed by atoms with Gasteiger partial charge in [-0.05, 0) is 0 Å². The summed E-state index contributed by atoms with van der Waals surface area (Å²) in [4.78, 5) is 23.7. The van der Waals surface area contributed by atoms with Crippen molar-refractivity contribution in [1.82, 2.24) is 19.5 Å². The van der Waals surface area contributed by atoms with E-state index in [2.05, 4.69) is 15.0 Å². The van der Waals surface area contributed by atoms with E-state index in [1.165, 1.54) is 17.2 Å². The second-order valence-electron chi connectivity index (χ2n) is 5.13. The molecule has 3 rings (SSSR count). The lowest BCUT2D eigenvalue weighted by Gasteiger charge is -2.21. The second kappa shape index (κ2) is 6.07. The molecule has 3 heterocycles. The van der Waals surface area contributed by atoms with Gasteiger partial charge in [-0.1, -0.05) is 6.92 Å². The molecule has 0 radical (unpaired) electrons. The lowest BCUT2D eigenvalue weighted by Crippen LogP contribution is -2.36. The number of imidazole rings is 1. The molecule has 4 N–H and O–H groups in total. The van der Waals surface area contributed by atoms with E-state index < -0.39 is 37.1 Å². The summed E-state index contributed by atoms with van der Waals surface area (Å²) in [6.07, 6.45) is -1.08. The Bertz CT molecular complexity index is 720. The highest BCUT2D eigenvalue weighted by Crippen LogP contribution is 2.34. The van der Waals surface area contributed by atoms with Gasteiger partial charge in [0.25, 0.3) is 0 Å². The molecule has 1 aliphatic heterocycles. The van der Waals surface area contributed by atoms with Crippen LogP contribution in [-0.4, -0.2) is 60.6 Å². The third kappa shape index (κ3) is 2.60. The molecule has 2 aromatic rings. The minimum absolute atomic E-state index is 0.152. The number of aliphatic hydroxyl groups is 2. The molecular weight excluding hydrogens is 306 g/mol. The third-order valence-electron chi connectivity index (χ3n) is 3.71. The summed E-state index contributed by atoms with van der Waals surface area (Å²) < 4.78 is 12.4. The maximum absolute atomic E-state index is 11.6. The van der Waals surface area contributed by atoms with E-state index in [1.807, 2.05) is 0 Å². The number of fused-ring (bicyclic) bond motifs is 1. The first-order valence-electron chi connectivity index (χ1n) is 7.13. The lowest BCUT2D eigenvalue weighted by molar-refractivity contribution is -0.158. The standard InChI is InChI=1S/C13H17N5O5/c1-2-7(20)23-10-9(21)6(3-19)22-13(10)18-5-17-8-11(14)15-4-16-12(8)18/h4-6,9-10,13,19,21H,2-3H2,1H3,(H2,14,15,16)/t6-,9+,10-,13?/m1/s1. The van der Waals surface area contributed by atoms with Crippen LogP contribution in [0.5, 0.6) is 0 Å². The summed E-state index contributed by atoms with van der Waals surface area (Å²) >= 11 is 0. The molecule has 1 unspecified atom stereocenters. The lowest BCUT2D eigenvalue weighted by atomic mass is 10.1. The highest BCUT2D eigenvalue weighted by Gasteiger charge is 2.47. The summed E-state index contributed by atoms with van der Waals surface area (Å²) in [5, 5.41) is 19.6. The van der Waals surface area contributed by atoms with Gasteiger partial charge in [0.05, 0.1) is 12.9 Å². The molecule has 0 spiro atoms. The quantitative estimate of drug-likeness (QED) is 0.602. The van der Waals surface area contributed by atoms with E-state index >= 15 is 0 Å². The van der Waals surface area contributed by atoms with Gasteiger partial charge in [0.2, 0.25) is 0 Å². The Labute approximate surface area is 130 Å². The summed E-state index contributed by atoms with van der Waals surface area (Å²) in [6.45, 7) is 1.23. The molecule has 124 valence electrons. The number of rotatable bonds is 4. The van der Waals surface area contributed by atoms with Crippen LogP contribution in [0.25, 0.3) is 11.2 Å². The van der Waals surface area contributed by atoms with Crippen LogP contribution in [0.4, 0.5) is 5.82 Å². The van der Waals surface area contributed by atoms with Crippen molar-refractivity contribution in [2.45, 2.75) is 37.9 Å². The molecular formula is C13H17N5O5. The van der Waals surface area contributed by atoms with Crippen LogP contribution in [-0.2, 0) is 14.3 Å². The number of aliphatic hydroxyl groups excluding tert-OH is 2. The molecule has 23 heavy (non-hydrogen) atoms. The number of esters is 1. The molecule has 4 atom stereocenters. The Kier molecular flexibility index (Phi) is 4.11. The summed E-state index contributed by atoms with van der Waals surface area (Å²) in [5.41, 5.74) is 6.50. The van der Waals surface area contributed by atoms with E-state index in [-0.39, 0.29) is 12.2 Å². The number of nitrogens with two attached hydrogens (primary N) is 1. The van der Waals surface area contributed by atoms with Gasteiger partial charge in [0.1, 0.15) is 24.1 Å². The minimum Gasteiger partial charge on any atom is -0.455 e. The Morgan fingerprint density at radius 3 is 2.96 bits per heavy atom. The molecule has 1 fully saturated rings. The third-order valence-corrected chi connectivity index (χ3v) is 3.71. The average Bonchev–Trinajstić information content (AvgIpc) is 3.10. The van der Waals surface area contributed by atoms with E-state index in [1.54, 1.807) is 6.92 Å². The van der Waals surface area contributed by atoms with Crippen molar-refractivity contribution in [2.24, 2.45) is 0 Å². The van der Waals surface area contributed by atoms with Gasteiger partial charge in [0.15, 0.2) is 23.8 Å². The van der Waals surface area contributed by atoms with E-state index in [0.717, 1.165) is 0 Å². The number of anilines is 1. The van der Waals surface area contributed by atoms with Crippen LogP contribution in [0.15, 0.2) is 12.7 Å². The Morgan fingerprint density at radius 1 is 1.48 bits per heavy atom. The largest absolute Gasteiger partial charge is 0.455 e. The number of nitrogens with zero attached hydrogens (tertiary/aromatic N) is 4. The first-order chi connectivity index (χ1) is 11.1. The maximum Gasteiger partial charge on any atom is 0.306 e. The van der Waals surface area contributed by atoms with Gasteiger partial charge in [0, 0.05) is 6.42 Å². The molecule has 10 nitrogen and oxygen atoms in total. The van der Waals surface area contributed by atoms with E-state index in [4.69, 9.17) is 15.2 Å². The highest BCUT2D eigenvalue weighted by molar-refractivity contribution is 5.81.